The number of benzene rings is 1. The minimum atomic E-state index is -4.89. The number of carbonyl (C=O) groups excluding carboxylic acids is 1. The summed E-state index contributed by atoms with van der Waals surface area (Å²) in [6, 6.07) is 0.384. The third-order valence-electron chi connectivity index (χ3n) is 4.65. The van der Waals surface area contributed by atoms with Crippen molar-refractivity contribution in [2.45, 2.75) is 49.8 Å². The molecule has 0 unspecified atom stereocenters. The van der Waals surface area contributed by atoms with E-state index in [4.69, 9.17) is 4.74 Å². The van der Waals surface area contributed by atoms with Gasteiger partial charge in [0.05, 0.1) is 29.3 Å². The van der Waals surface area contributed by atoms with Gasteiger partial charge in [-0.1, -0.05) is 0 Å². The van der Waals surface area contributed by atoms with Crippen LogP contribution in [0, 0.1) is 5.82 Å². The third kappa shape index (κ3) is 4.81. The molecule has 30 heavy (non-hydrogen) atoms. The molecule has 1 aromatic carbocycles. The normalized spacial score (nSPS) is 16.9. The second kappa shape index (κ2) is 8.34. The Bertz CT molecular complexity index is 1050. The lowest BCUT2D eigenvalue weighted by Crippen LogP contribution is -2.31. The highest BCUT2D eigenvalue weighted by Gasteiger charge is 2.34. The van der Waals surface area contributed by atoms with Gasteiger partial charge in [-0.25, -0.2) is 17.5 Å². The van der Waals surface area contributed by atoms with Gasteiger partial charge < -0.3 is 4.74 Å². The summed E-state index contributed by atoms with van der Waals surface area (Å²) in [4.78, 5) is 10.9. The number of nitrogens with one attached hydrogen (secondary N) is 1. The van der Waals surface area contributed by atoms with Crippen LogP contribution in [0.25, 0.3) is 0 Å². The number of halogens is 4. The van der Waals surface area contributed by atoms with Crippen molar-refractivity contribution in [2.24, 2.45) is 0 Å². The lowest BCUT2D eigenvalue weighted by atomic mass is 9.94. The Kier molecular flexibility index (Phi) is 6.18. The van der Waals surface area contributed by atoms with Crippen LogP contribution in [0.1, 0.15) is 42.6 Å². The minimum absolute atomic E-state index is 0.137. The van der Waals surface area contributed by atoms with E-state index in [1.54, 1.807) is 6.92 Å². The SMILES string of the molecule is CCOC(=O)Cn1ncc2c1CCC[C@H]2NS(=O)(=O)c1cc(F)cc(C(F)(F)F)c1. The molecule has 164 valence electrons. The molecule has 3 rings (SSSR count). The molecule has 12 heteroatoms. The number of aromatic nitrogens is 2. The number of rotatable bonds is 6. The van der Waals surface area contributed by atoms with Crippen molar-refractivity contribution >= 4 is 16.0 Å². The summed E-state index contributed by atoms with van der Waals surface area (Å²) < 4.78 is 86.4. The summed E-state index contributed by atoms with van der Waals surface area (Å²) in [6.07, 6.45) is -2.00. The van der Waals surface area contributed by atoms with Gasteiger partial charge in [0.15, 0.2) is 0 Å². The summed E-state index contributed by atoms with van der Waals surface area (Å²) in [5.74, 6) is -1.80. The molecule has 0 spiro atoms. The van der Waals surface area contributed by atoms with Gasteiger partial charge in [0, 0.05) is 11.3 Å². The van der Waals surface area contributed by atoms with Crippen molar-refractivity contribution in [1.29, 1.82) is 0 Å². The summed E-state index contributed by atoms with van der Waals surface area (Å²) in [5, 5.41) is 4.11. The van der Waals surface area contributed by atoms with Crippen LogP contribution in [0.4, 0.5) is 17.6 Å². The first-order valence-corrected chi connectivity index (χ1v) is 10.6. The zero-order valence-corrected chi connectivity index (χ0v) is 16.7. The van der Waals surface area contributed by atoms with Crippen LogP contribution in [0.3, 0.4) is 0 Å². The first-order chi connectivity index (χ1) is 14.0. The van der Waals surface area contributed by atoms with Gasteiger partial charge in [-0.15, -0.1) is 0 Å². The lowest BCUT2D eigenvalue weighted by molar-refractivity contribution is -0.144. The van der Waals surface area contributed by atoms with Crippen LogP contribution in [-0.4, -0.2) is 30.8 Å². The van der Waals surface area contributed by atoms with Gasteiger partial charge in [0.1, 0.15) is 12.4 Å². The van der Waals surface area contributed by atoms with Crippen molar-refractivity contribution in [3.05, 3.63) is 47.0 Å². The topological polar surface area (TPSA) is 90.3 Å². The Balaban J connectivity index is 1.87. The fourth-order valence-electron chi connectivity index (χ4n) is 3.34. The van der Waals surface area contributed by atoms with Gasteiger partial charge in [-0.3, -0.25) is 9.48 Å². The monoisotopic (exact) mass is 449 g/mol. The average Bonchev–Trinajstić information content (AvgIpc) is 3.04. The van der Waals surface area contributed by atoms with Crippen molar-refractivity contribution in [3.8, 4) is 0 Å². The molecule has 1 aliphatic carbocycles. The number of ether oxygens (including phenoxy) is 1. The van der Waals surface area contributed by atoms with E-state index in [0.29, 0.717) is 42.7 Å². The molecule has 7 nitrogen and oxygen atoms in total. The number of fused-ring (bicyclic) bond motifs is 1. The number of carbonyl (C=O) groups is 1. The highest BCUT2D eigenvalue weighted by molar-refractivity contribution is 7.89. The van der Waals surface area contributed by atoms with E-state index in [1.807, 2.05) is 0 Å². The van der Waals surface area contributed by atoms with Crippen LogP contribution in [0.15, 0.2) is 29.3 Å². The molecule has 0 fully saturated rings. The van der Waals surface area contributed by atoms with Crippen molar-refractivity contribution in [3.63, 3.8) is 0 Å². The predicted molar refractivity (Wildman–Crippen MR) is 96.3 cm³/mol. The maximum absolute atomic E-state index is 13.6. The Morgan fingerprint density at radius 1 is 1.33 bits per heavy atom. The zero-order valence-electron chi connectivity index (χ0n) is 15.9. The Morgan fingerprint density at radius 3 is 2.73 bits per heavy atom. The predicted octanol–water partition coefficient (Wildman–Crippen LogP) is 2.96. The highest BCUT2D eigenvalue weighted by atomic mass is 32.2. The van der Waals surface area contributed by atoms with E-state index in [9.17, 15) is 30.8 Å². The largest absolute Gasteiger partial charge is 0.465 e. The van der Waals surface area contributed by atoms with Crippen LogP contribution in [-0.2, 0) is 38.7 Å². The molecule has 1 heterocycles. The van der Waals surface area contributed by atoms with Crippen LogP contribution < -0.4 is 4.72 Å². The zero-order chi connectivity index (χ0) is 22.1. The summed E-state index contributed by atoms with van der Waals surface area (Å²) in [6.45, 7) is 1.73. The molecular weight excluding hydrogens is 430 g/mol. The number of nitrogens with zero attached hydrogens (tertiary/aromatic N) is 2. The summed E-state index contributed by atoms with van der Waals surface area (Å²) in [7, 11) is -4.45. The molecule has 0 saturated heterocycles. The van der Waals surface area contributed by atoms with Gasteiger partial charge in [-0.2, -0.15) is 18.3 Å². The van der Waals surface area contributed by atoms with Crippen LogP contribution >= 0.6 is 0 Å². The van der Waals surface area contributed by atoms with E-state index >= 15 is 0 Å². The molecule has 0 amide bonds. The van der Waals surface area contributed by atoms with Crippen molar-refractivity contribution in [2.75, 3.05) is 6.61 Å². The van der Waals surface area contributed by atoms with Gasteiger partial charge in [0.2, 0.25) is 10.0 Å². The van der Waals surface area contributed by atoms with E-state index in [-0.39, 0.29) is 19.2 Å². The number of sulfonamides is 1. The third-order valence-corrected chi connectivity index (χ3v) is 6.10. The number of hydrogen-bond acceptors (Lipinski definition) is 5. The van der Waals surface area contributed by atoms with E-state index in [0.717, 1.165) is 0 Å². The van der Waals surface area contributed by atoms with E-state index in [2.05, 4.69) is 9.82 Å². The lowest BCUT2D eigenvalue weighted by Gasteiger charge is -2.24. The first-order valence-electron chi connectivity index (χ1n) is 9.11. The fraction of sp³-hybridized carbons (Fsp3) is 0.444. The van der Waals surface area contributed by atoms with Crippen LogP contribution in [0.5, 0.6) is 0 Å². The summed E-state index contributed by atoms with van der Waals surface area (Å²) in [5.41, 5.74) is -0.242. The van der Waals surface area contributed by atoms with Gasteiger partial charge in [0.25, 0.3) is 0 Å². The van der Waals surface area contributed by atoms with E-state index < -0.39 is 44.5 Å². The maximum Gasteiger partial charge on any atom is 0.416 e. The van der Waals surface area contributed by atoms with Crippen molar-refractivity contribution < 1.29 is 35.5 Å². The molecule has 1 atom stereocenters. The molecule has 1 aromatic heterocycles. The molecule has 1 N–H and O–H groups in total. The fourth-order valence-corrected chi connectivity index (χ4v) is 4.65. The Morgan fingerprint density at radius 2 is 2.07 bits per heavy atom. The molecule has 0 radical (unpaired) electrons. The van der Waals surface area contributed by atoms with E-state index in [1.165, 1.54) is 10.9 Å². The number of hydrogen-bond donors (Lipinski definition) is 1. The molecular formula is C18H19F4N3O4S. The molecule has 2 aromatic rings. The molecule has 0 aliphatic heterocycles. The summed E-state index contributed by atoms with van der Waals surface area (Å²) >= 11 is 0. The Hall–Kier alpha value is -2.47. The van der Waals surface area contributed by atoms with Crippen LogP contribution in [0.2, 0.25) is 0 Å². The smallest absolute Gasteiger partial charge is 0.416 e. The molecule has 1 aliphatic rings. The second-order valence-corrected chi connectivity index (χ2v) is 8.46. The standard InChI is InChI=1S/C18H19F4N3O4S/c1-2-29-17(26)10-25-16-5-3-4-15(14(16)9-23-25)24-30(27,28)13-7-11(18(20,21)22)6-12(19)8-13/h6-9,15,24H,2-5,10H2,1H3/t15-/m1/s1. The van der Waals surface area contributed by atoms with Crippen molar-refractivity contribution in [1.82, 2.24) is 14.5 Å². The van der Waals surface area contributed by atoms with Gasteiger partial charge >= 0.3 is 12.1 Å². The number of esters is 1. The maximum atomic E-state index is 13.6. The molecule has 0 saturated carbocycles. The highest BCUT2D eigenvalue weighted by Crippen LogP contribution is 2.33. The van der Waals surface area contributed by atoms with Gasteiger partial charge in [-0.05, 0) is 44.4 Å². The number of alkyl halides is 3. The Labute approximate surface area is 170 Å². The molecule has 0 bridgehead atoms. The average molecular weight is 449 g/mol. The first kappa shape index (κ1) is 22.2. The second-order valence-electron chi connectivity index (χ2n) is 6.75. The minimum Gasteiger partial charge on any atom is -0.465 e. The quantitative estimate of drug-likeness (QED) is 0.541.